The van der Waals surface area contributed by atoms with E-state index in [0.717, 1.165) is 19.3 Å². The van der Waals surface area contributed by atoms with Gasteiger partial charge in [-0.2, -0.15) is 0 Å². The molecular formula is C17H26N2O. The van der Waals surface area contributed by atoms with Crippen molar-refractivity contribution in [3.8, 4) is 0 Å². The minimum atomic E-state index is -0.169. The highest BCUT2D eigenvalue weighted by atomic mass is 16.1. The number of hydrogen-bond donors (Lipinski definition) is 2. The van der Waals surface area contributed by atoms with Crippen molar-refractivity contribution in [2.45, 2.75) is 57.4 Å². The average molecular weight is 274 g/mol. The smallest absolute Gasteiger partial charge is 0.220 e. The lowest BCUT2D eigenvalue weighted by Gasteiger charge is -2.33. The molecule has 0 aromatic heterocycles. The van der Waals surface area contributed by atoms with Crippen molar-refractivity contribution in [3.63, 3.8) is 0 Å². The van der Waals surface area contributed by atoms with Crippen LogP contribution in [0, 0.1) is 6.92 Å². The summed E-state index contributed by atoms with van der Waals surface area (Å²) < 4.78 is 0. The van der Waals surface area contributed by atoms with Crippen LogP contribution in [-0.2, 0) is 11.2 Å². The number of amides is 1. The normalized spacial score (nSPS) is 17.7. The van der Waals surface area contributed by atoms with E-state index in [1.807, 2.05) is 0 Å². The van der Waals surface area contributed by atoms with Crippen molar-refractivity contribution >= 4 is 5.91 Å². The maximum atomic E-state index is 11.9. The molecule has 0 bridgehead atoms. The molecule has 0 heterocycles. The number of aryl methyl sites for hydroxylation is 2. The number of nitrogens with one attached hydrogen (secondary N) is 1. The molecule has 0 atom stereocenters. The summed E-state index contributed by atoms with van der Waals surface area (Å²) in [4.78, 5) is 11.9. The zero-order valence-corrected chi connectivity index (χ0v) is 12.5. The van der Waals surface area contributed by atoms with Gasteiger partial charge in [-0.05, 0) is 31.7 Å². The Balaban J connectivity index is 1.71. The fourth-order valence-electron chi connectivity index (χ4n) is 2.81. The summed E-state index contributed by atoms with van der Waals surface area (Å²) >= 11 is 0. The first-order valence-electron chi connectivity index (χ1n) is 7.69. The monoisotopic (exact) mass is 274 g/mol. The Labute approximate surface area is 121 Å². The first kappa shape index (κ1) is 15.0. The Morgan fingerprint density at radius 2 is 1.85 bits per heavy atom. The topological polar surface area (TPSA) is 55.1 Å². The minimum absolute atomic E-state index is 0.112. The van der Waals surface area contributed by atoms with Crippen LogP contribution in [-0.4, -0.2) is 18.0 Å². The quantitative estimate of drug-likeness (QED) is 0.867. The van der Waals surface area contributed by atoms with E-state index in [1.54, 1.807) is 0 Å². The number of nitrogens with two attached hydrogens (primary N) is 1. The van der Waals surface area contributed by atoms with Crippen LogP contribution in [0.1, 0.15) is 49.7 Å². The fourth-order valence-corrected chi connectivity index (χ4v) is 2.81. The first-order valence-corrected chi connectivity index (χ1v) is 7.69. The SMILES string of the molecule is Cc1ccc(CCC(=O)NCC2(N)CCCCC2)cc1. The summed E-state index contributed by atoms with van der Waals surface area (Å²) in [7, 11) is 0. The molecule has 20 heavy (non-hydrogen) atoms. The van der Waals surface area contributed by atoms with Crippen LogP contribution in [0.15, 0.2) is 24.3 Å². The Morgan fingerprint density at radius 1 is 1.20 bits per heavy atom. The Hall–Kier alpha value is -1.35. The third-order valence-electron chi connectivity index (χ3n) is 4.25. The number of carbonyl (C=O) groups is 1. The predicted octanol–water partition coefficient (Wildman–Crippen LogP) is 2.71. The molecule has 0 saturated heterocycles. The second kappa shape index (κ2) is 6.89. The molecule has 1 aromatic carbocycles. The molecule has 1 aliphatic rings. The van der Waals surface area contributed by atoms with Crippen molar-refractivity contribution < 1.29 is 4.79 Å². The van der Waals surface area contributed by atoms with E-state index in [-0.39, 0.29) is 11.4 Å². The summed E-state index contributed by atoms with van der Waals surface area (Å²) in [6.07, 6.45) is 7.06. The highest BCUT2D eigenvalue weighted by molar-refractivity contribution is 5.76. The van der Waals surface area contributed by atoms with E-state index in [9.17, 15) is 4.79 Å². The molecule has 1 amide bonds. The van der Waals surface area contributed by atoms with Crippen LogP contribution in [0.2, 0.25) is 0 Å². The van der Waals surface area contributed by atoms with E-state index < -0.39 is 0 Å². The zero-order valence-electron chi connectivity index (χ0n) is 12.5. The lowest BCUT2D eigenvalue weighted by atomic mass is 9.82. The molecule has 0 spiro atoms. The minimum Gasteiger partial charge on any atom is -0.354 e. The Bertz CT molecular complexity index is 433. The van der Waals surface area contributed by atoms with E-state index >= 15 is 0 Å². The molecule has 110 valence electrons. The van der Waals surface area contributed by atoms with Crippen molar-refractivity contribution in [2.75, 3.05) is 6.54 Å². The standard InChI is InChI=1S/C17H26N2O/c1-14-5-7-15(8-6-14)9-10-16(20)19-13-17(18)11-3-2-4-12-17/h5-8H,2-4,9-13,18H2,1H3,(H,19,20). The van der Waals surface area contributed by atoms with Gasteiger partial charge in [0, 0.05) is 18.5 Å². The summed E-state index contributed by atoms with van der Waals surface area (Å²) in [6.45, 7) is 2.70. The van der Waals surface area contributed by atoms with Crippen molar-refractivity contribution in [3.05, 3.63) is 35.4 Å². The zero-order chi connectivity index (χ0) is 14.4. The third-order valence-corrected chi connectivity index (χ3v) is 4.25. The molecule has 3 nitrogen and oxygen atoms in total. The highest BCUT2D eigenvalue weighted by Gasteiger charge is 2.27. The fraction of sp³-hybridized carbons (Fsp3) is 0.588. The molecule has 0 radical (unpaired) electrons. The van der Waals surface area contributed by atoms with Gasteiger partial charge in [-0.25, -0.2) is 0 Å². The average Bonchev–Trinajstić information content (AvgIpc) is 2.45. The molecular weight excluding hydrogens is 248 g/mol. The highest BCUT2D eigenvalue weighted by Crippen LogP contribution is 2.25. The number of carbonyl (C=O) groups excluding carboxylic acids is 1. The van der Waals surface area contributed by atoms with Gasteiger partial charge in [0.05, 0.1) is 0 Å². The van der Waals surface area contributed by atoms with Crippen LogP contribution < -0.4 is 11.1 Å². The van der Waals surface area contributed by atoms with Crippen LogP contribution in [0.4, 0.5) is 0 Å². The molecule has 1 fully saturated rings. The van der Waals surface area contributed by atoms with Crippen molar-refractivity contribution in [1.29, 1.82) is 0 Å². The van der Waals surface area contributed by atoms with Crippen molar-refractivity contribution in [2.24, 2.45) is 5.73 Å². The van der Waals surface area contributed by atoms with Gasteiger partial charge in [-0.15, -0.1) is 0 Å². The van der Waals surface area contributed by atoms with E-state index in [1.165, 1.54) is 30.4 Å². The molecule has 2 rings (SSSR count). The molecule has 1 aromatic rings. The van der Waals surface area contributed by atoms with Crippen LogP contribution in [0.5, 0.6) is 0 Å². The Kier molecular flexibility index (Phi) is 5.18. The summed E-state index contributed by atoms with van der Waals surface area (Å²) in [5.74, 6) is 0.112. The maximum Gasteiger partial charge on any atom is 0.220 e. The molecule has 0 aliphatic heterocycles. The van der Waals surface area contributed by atoms with Gasteiger partial charge in [0.2, 0.25) is 5.91 Å². The number of hydrogen-bond acceptors (Lipinski definition) is 2. The Morgan fingerprint density at radius 3 is 2.50 bits per heavy atom. The summed E-state index contributed by atoms with van der Waals surface area (Å²) in [6, 6.07) is 8.36. The van der Waals surface area contributed by atoms with Gasteiger partial charge in [0.1, 0.15) is 0 Å². The van der Waals surface area contributed by atoms with Crippen molar-refractivity contribution in [1.82, 2.24) is 5.32 Å². The van der Waals surface area contributed by atoms with Crippen LogP contribution in [0.25, 0.3) is 0 Å². The van der Waals surface area contributed by atoms with Gasteiger partial charge < -0.3 is 11.1 Å². The van der Waals surface area contributed by atoms with E-state index in [2.05, 4.69) is 36.5 Å². The molecule has 1 aliphatic carbocycles. The van der Waals surface area contributed by atoms with Gasteiger partial charge in [0.25, 0.3) is 0 Å². The van der Waals surface area contributed by atoms with Crippen LogP contribution >= 0.6 is 0 Å². The largest absolute Gasteiger partial charge is 0.354 e. The van der Waals surface area contributed by atoms with Crippen LogP contribution in [0.3, 0.4) is 0 Å². The predicted molar refractivity (Wildman–Crippen MR) is 82.5 cm³/mol. The summed E-state index contributed by atoms with van der Waals surface area (Å²) in [5, 5.41) is 3.01. The maximum absolute atomic E-state index is 11.9. The lowest BCUT2D eigenvalue weighted by molar-refractivity contribution is -0.121. The molecule has 3 N–H and O–H groups in total. The van der Waals surface area contributed by atoms with Gasteiger partial charge in [-0.1, -0.05) is 49.1 Å². The van der Waals surface area contributed by atoms with E-state index in [0.29, 0.717) is 13.0 Å². The molecule has 3 heteroatoms. The summed E-state index contributed by atoms with van der Waals surface area (Å²) in [5.41, 5.74) is 8.61. The molecule has 1 saturated carbocycles. The lowest BCUT2D eigenvalue weighted by Crippen LogP contribution is -2.51. The second-order valence-corrected chi connectivity index (χ2v) is 6.19. The molecule has 0 unspecified atom stereocenters. The van der Waals surface area contributed by atoms with E-state index in [4.69, 9.17) is 5.73 Å². The first-order chi connectivity index (χ1) is 9.57. The van der Waals surface area contributed by atoms with Gasteiger partial charge >= 0.3 is 0 Å². The second-order valence-electron chi connectivity index (χ2n) is 6.19. The van der Waals surface area contributed by atoms with Gasteiger partial charge in [-0.3, -0.25) is 4.79 Å². The number of rotatable bonds is 5. The van der Waals surface area contributed by atoms with Gasteiger partial charge in [0.15, 0.2) is 0 Å². The third kappa shape index (κ3) is 4.64. The number of benzene rings is 1.